The second-order valence-corrected chi connectivity index (χ2v) is 16.0. The number of ether oxygens (including phenoxy) is 1. The molecule has 306 valence electrons. The standard InChI is InChI=1S/C42H51F4N7O4/c1-51-25-33(32-23-47-50-39(32)41(51)56)28-19-31(57-2)20-29(35(43)21-28)24-52-15-4-7-26(12-16-52)5-3-6-27-13-17-53(18-14-27)37-10-8-30(22-34(37)42(44,45)46)48-36-9-11-38(54)49-40(36)55/h8,10,19,21-23,25-27,36,48H,3-7,9,11-18,20,24H2,1-2H3,(H,47,50)(H,49,54,55). The Morgan fingerprint density at radius 2 is 1.74 bits per heavy atom. The lowest BCUT2D eigenvalue weighted by atomic mass is 9.87. The number of piperidine rings is 2. The van der Waals surface area contributed by atoms with Gasteiger partial charge in [-0.25, -0.2) is 4.39 Å². The van der Waals surface area contributed by atoms with Crippen molar-refractivity contribution in [3.05, 3.63) is 81.4 Å². The van der Waals surface area contributed by atoms with Gasteiger partial charge in [0, 0.05) is 68.0 Å². The van der Waals surface area contributed by atoms with Crippen LogP contribution in [-0.2, 0) is 27.5 Å². The summed E-state index contributed by atoms with van der Waals surface area (Å²) in [7, 11) is 3.25. The molecule has 2 unspecified atom stereocenters. The number of nitrogens with one attached hydrogen (secondary N) is 3. The zero-order valence-corrected chi connectivity index (χ0v) is 32.5. The fraction of sp³-hybridized carbons (Fsp3) is 0.524. The van der Waals surface area contributed by atoms with Crippen molar-refractivity contribution >= 4 is 39.7 Å². The molecule has 7 rings (SSSR count). The third-order valence-electron chi connectivity index (χ3n) is 12.1. The lowest BCUT2D eigenvalue weighted by Gasteiger charge is -2.35. The van der Waals surface area contributed by atoms with E-state index in [1.165, 1.54) is 16.7 Å². The fourth-order valence-corrected chi connectivity index (χ4v) is 8.86. The van der Waals surface area contributed by atoms with Crippen LogP contribution in [0.15, 0.2) is 64.7 Å². The molecule has 5 heterocycles. The van der Waals surface area contributed by atoms with Gasteiger partial charge in [-0.2, -0.15) is 18.3 Å². The molecule has 3 aromatic rings. The Morgan fingerprint density at radius 1 is 0.982 bits per heavy atom. The van der Waals surface area contributed by atoms with E-state index in [0.717, 1.165) is 70.5 Å². The average molecular weight is 794 g/mol. The van der Waals surface area contributed by atoms with Crippen molar-refractivity contribution in [2.75, 3.05) is 50.1 Å². The maximum atomic E-state index is 16.0. The molecule has 15 heteroatoms. The number of hydrogen-bond donors (Lipinski definition) is 3. The van der Waals surface area contributed by atoms with Crippen molar-refractivity contribution in [3.63, 3.8) is 0 Å². The Hall–Kier alpha value is -4.92. The number of aryl methyl sites for hydroxylation is 1. The molecule has 3 saturated heterocycles. The van der Waals surface area contributed by atoms with E-state index in [2.05, 4.69) is 25.7 Å². The molecule has 0 saturated carbocycles. The number of hydrogen-bond acceptors (Lipinski definition) is 8. The number of aromatic nitrogens is 3. The van der Waals surface area contributed by atoms with Gasteiger partial charge in [0.1, 0.15) is 23.1 Å². The van der Waals surface area contributed by atoms with Gasteiger partial charge in [-0.15, -0.1) is 0 Å². The van der Waals surface area contributed by atoms with Crippen LogP contribution >= 0.6 is 0 Å². The van der Waals surface area contributed by atoms with Gasteiger partial charge in [-0.05, 0) is 105 Å². The first-order valence-electron chi connectivity index (χ1n) is 20.0. The molecule has 57 heavy (non-hydrogen) atoms. The van der Waals surface area contributed by atoms with Crippen LogP contribution < -0.4 is 21.1 Å². The minimum absolute atomic E-state index is 0.135. The predicted molar refractivity (Wildman–Crippen MR) is 211 cm³/mol. The van der Waals surface area contributed by atoms with Gasteiger partial charge in [0.15, 0.2) is 0 Å². The molecule has 0 spiro atoms. The Balaban J connectivity index is 0.894. The van der Waals surface area contributed by atoms with Crippen molar-refractivity contribution in [2.45, 2.75) is 82.8 Å². The highest BCUT2D eigenvalue weighted by Gasteiger charge is 2.37. The molecule has 3 N–H and O–H groups in total. The minimum Gasteiger partial charge on any atom is -0.501 e. The second-order valence-electron chi connectivity index (χ2n) is 16.0. The van der Waals surface area contributed by atoms with Crippen LogP contribution in [0.25, 0.3) is 16.5 Å². The lowest BCUT2D eigenvalue weighted by Crippen LogP contribution is -2.47. The topological polar surface area (TPSA) is 125 Å². The Kier molecular flexibility index (Phi) is 12.2. The second kappa shape index (κ2) is 17.3. The molecule has 2 atom stereocenters. The lowest BCUT2D eigenvalue weighted by molar-refractivity contribution is -0.137. The normalized spacial score (nSPS) is 21.9. The van der Waals surface area contributed by atoms with Gasteiger partial charge in [-0.3, -0.25) is 29.7 Å². The number of benzene rings is 1. The summed E-state index contributed by atoms with van der Waals surface area (Å²) in [5.41, 5.74) is 1.76. The van der Waals surface area contributed by atoms with Gasteiger partial charge < -0.3 is 19.5 Å². The third-order valence-corrected chi connectivity index (χ3v) is 12.1. The summed E-state index contributed by atoms with van der Waals surface area (Å²) in [6.45, 7) is 3.37. The molecule has 3 aliphatic heterocycles. The maximum absolute atomic E-state index is 16.0. The number of amides is 2. The van der Waals surface area contributed by atoms with Crippen molar-refractivity contribution in [3.8, 4) is 0 Å². The third kappa shape index (κ3) is 9.45. The van der Waals surface area contributed by atoms with E-state index in [0.29, 0.717) is 71.3 Å². The van der Waals surface area contributed by atoms with E-state index in [1.54, 1.807) is 32.6 Å². The number of methoxy groups -OCH3 is 1. The zero-order chi connectivity index (χ0) is 40.3. The first-order valence-corrected chi connectivity index (χ1v) is 20.0. The van der Waals surface area contributed by atoms with Crippen molar-refractivity contribution in [2.24, 2.45) is 18.9 Å². The summed E-state index contributed by atoms with van der Waals surface area (Å²) < 4.78 is 65.9. The van der Waals surface area contributed by atoms with Crippen LogP contribution in [0, 0.1) is 11.8 Å². The van der Waals surface area contributed by atoms with Crippen LogP contribution in [0.1, 0.15) is 81.8 Å². The maximum Gasteiger partial charge on any atom is 0.418 e. The number of imide groups is 1. The molecule has 1 aliphatic carbocycles. The highest BCUT2D eigenvalue weighted by atomic mass is 19.4. The number of fused-ring (bicyclic) bond motifs is 1. The largest absolute Gasteiger partial charge is 0.501 e. The molecule has 0 bridgehead atoms. The molecule has 11 nitrogen and oxygen atoms in total. The van der Waals surface area contributed by atoms with Crippen molar-refractivity contribution in [1.29, 1.82) is 0 Å². The van der Waals surface area contributed by atoms with Gasteiger partial charge in [0.25, 0.3) is 5.56 Å². The van der Waals surface area contributed by atoms with E-state index in [-0.39, 0.29) is 41.5 Å². The van der Waals surface area contributed by atoms with E-state index in [4.69, 9.17) is 4.74 Å². The quantitative estimate of drug-likeness (QED) is 0.137. The van der Waals surface area contributed by atoms with Crippen LogP contribution in [0.5, 0.6) is 0 Å². The number of carbonyl (C=O) groups excluding carboxylic acids is 2. The number of halogens is 4. The van der Waals surface area contributed by atoms with E-state index in [1.807, 2.05) is 11.0 Å². The fourth-order valence-electron chi connectivity index (χ4n) is 8.86. The number of nitrogens with zero attached hydrogens (tertiary/aromatic N) is 4. The highest BCUT2D eigenvalue weighted by Crippen LogP contribution is 2.40. The van der Waals surface area contributed by atoms with Crippen molar-refractivity contribution in [1.82, 2.24) is 25.0 Å². The average Bonchev–Trinajstić information content (AvgIpc) is 3.50. The van der Waals surface area contributed by atoms with E-state index in [9.17, 15) is 27.6 Å². The number of H-pyrrole nitrogens is 1. The highest BCUT2D eigenvalue weighted by molar-refractivity contribution is 6.01. The summed E-state index contributed by atoms with van der Waals surface area (Å²) in [6, 6.07) is 3.37. The number of carbonyl (C=O) groups is 2. The SMILES string of the molecule is COC1=CC(c2cn(C)c(=O)c3[nH]ncc23)=CC(F)=C(CN2CCCC(CCCC3CCN(c4ccc(NC5CCC(=O)NC5=O)cc4C(F)(F)F)CC3)CC2)C1. The van der Waals surface area contributed by atoms with Crippen LogP contribution in [0.3, 0.4) is 0 Å². The first kappa shape index (κ1) is 40.3. The molecular weight excluding hydrogens is 742 g/mol. The van der Waals surface area contributed by atoms with Crippen LogP contribution in [0.2, 0.25) is 0 Å². The first-order chi connectivity index (χ1) is 27.4. The van der Waals surface area contributed by atoms with Gasteiger partial charge in [-0.1, -0.05) is 19.3 Å². The zero-order valence-electron chi connectivity index (χ0n) is 32.5. The number of likely N-dealkylation sites (tertiary alicyclic amines) is 1. The number of pyridine rings is 1. The molecule has 2 aromatic heterocycles. The van der Waals surface area contributed by atoms with Gasteiger partial charge >= 0.3 is 6.18 Å². The van der Waals surface area contributed by atoms with E-state index >= 15 is 4.39 Å². The van der Waals surface area contributed by atoms with Crippen LogP contribution in [-0.4, -0.2) is 77.4 Å². The molecule has 3 fully saturated rings. The number of anilines is 2. The Bertz CT molecular complexity index is 2130. The molecule has 4 aliphatic rings. The summed E-state index contributed by atoms with van der Waals surface area (Å²) in [5.74, 6) is 0.478. The van der Waals surface area contributed by atoms with Gasteiger partial charge in [0.2, 0.25) is 11.8 Å². The summed E-state index contributed by atoms with van der Waals surface area (Å²) >= 11 is 0. The number of allylic oxidation sites excluding steroid dienone is 5. The smallest absolute Gasteiger partial charge is 0.418 e. The summed E-state index contributed by atoms with van der Waals surface area (Å²) in [6.07, 6.45) is 10.9. The molecular formula is C42H51F4N7O4. The monoisotopic (exact) mass is 793 g/mol. The Morgan fingerprint density at radius 3 is 2.47 bits per heavy atom. The van der Waals surface area contributed by atoms with Crippen LogP contribution in [0.4, 0.5) is 28.9 Å². The number of alkyl halides is 3. The van der Waals surface area contributed by atoms with E-state index < -0.39 is 23.7 Å². The van der Waals surface area contributed by atoms with Gasteiger partial charge in [0.05, 0.1) is 18.9 Å². The molecule has 1 aromatic carbocycles. The predicted octanol–water partition coefficient (Wildman–Crippen LogP) is 7.23. The Labute approximate surface area is 329 Å². The molecule has 2 amide bonds. The number of rotatable bonds is 11. The summed E-state index contributed by atoms with van der Waals surface area (Å²) in [5, 5.41) is 12.5. The summed E-state index contributed by atoms with van der Waals surface area (Å²) in [4.78, 5) is 40.4. The minimum atomic E-state index is -4.56. The van der Waals surface area contributed by atoms with Crippen molar-refractivity contribution < 1.29 is 31.9 Å². The number of aromatic amines is 1. The molecule has 0 radical (unpaired) electrons.